The molecular weight excluding hydrogens is 492 g/mol. The van der Waals surface area contributed by atoms with Crippen molar-refractivity contribution in [2.45, 2.75) is 81.7 Å². The molecule has 5 aliphatic rings. The monoisotopic (exact) mass is 538 g/mol. The van der Waals surface area contributed by atoms with E-state index in [2.05, 4.69) is 59.2 Å². The Hall–Kier alpha value is -2.01. The molecule has 1 aromatic rings. The summed E-state index contributed by atoms with van der Waals surface area (Å²) in [6.07, 6.45) is 7.79. The van der Waals surface area contributed by atoms with Crippen LogP contribution in [0.4, 0.5) is 0 Å². The average Bonchev–Trinajstić information content (AvgIpc) is 3.53. The molecule has 1 spiro atoms. The summed E-state index contributed by atoms with van der Waals surface area (Å²) in [6.45, 7) is 10.4. The number of hydrogen-bond acceptors (Lipinski definition) is 8. The van der Waals surface area contributed by atoms with Crippen molar-refractivity contribution in [3.63, 3.8) is 0 Å². The lowest BCUT2D eigenvalue weighted by atomic mass is 9.71. The molecule has 1 aromatic carbocycles. The maximum atomic E-state index is 12.5. The van der Waals surface area contributed by atoms with E-state index in [0.29, 0.717) is 31.7 Å². The van der Waals surface area contributed by atoms with Crippen molar-refractivity contribution in [1.82, 2.24) is 25.3 Å². The molecule has 6 unspecified atom stereocenters. The number of nitrogens with zero attached hydrogens (tertiary/aromatic N) is 3. The van der Waals surface area contributed by atoms with Crippen LogP contribution in [0.15, 0.2) is 30.9 Å². The topological polar surface area (TPSA) is 95.3 Å². The van der Waals surface area contributed by atoms with E-state index in [-0.39, 0.29) is 36.1 Å². The molecule has 9 nitrogen and oxygen atoms in total. The van der Waals surface area contributed by atoms with Gasteiger partial charge in [0.15, 0.2) is 6.35 Å². The number of hydrogen-bond donors (Lipinski definition) is 3. The van der Waals surface area contributed by atoms with Crippen LogP contribution >= 0.6 is 0 Å². The van der Waals surface area contributed by atoms with Crippen LogP contribution in [0.5, 0.6) is 5.75 Å². The van der Waals surface area contributed by atoms with Gasteiger partial charge in [0.1, 0.15) is 11.4 Å². The van der Waals surface area contributed by atoms with Crippen LogP contribution in [0.2, 0.25) is 0 Å². The maximum Gasteiger partial charge on any atom is 0.246 e. The second kappa shape index (κ2) is 11.1. The Balaban J connectivity index is 1.20. The molecule has 6 rings (SSSR count). The molecule has 4 aliphatic heterocycles. The SMILES string of the molecule is C=CC(=O)N1CCN(C2NC(OCC3CCCN3C)NC3C[C@]4(CCC32)Cc2cccc(C)c2O4)CC1CN. The molecule has 214 valence electrons. The van der Waals surface area contributed by atoms with Gasteiger partial charge in [-0.2, -0.15) is 0 Å². The Kier molecular flexibility index (Phi) is 7.74. The number of rotatable bonds is 6. The molecule has 1 amide bonds. The largest absolute Gasteiger partial charge is 0.486 e. The summed E-state index contributed by atoms with van der Waals surface area (Å²) in [7, 11) is 2.19. The van der Waals surface area contributed by atoms with Gasteiger partial charge in [0, 0.05) is 57.0 Å². The van der Waals surface area contributed by atoms with Crippen LogP contribution in [0.25, 0.3) is 0 Å². The minimum absolute atomic E-state index is 0.0172. The molecule has 0 aromatic heterocycles. The fourth-order valence-electron chi connectivity index (χ4n) is 7.83. The van der Waals surface area contributed by atoms with Crippen LogP contribution in [0.1, 0.15) is 43.2 Å². The highest BCUT2D eigenvalue weighted by atomic mass is 16.5. The average molecular weight is 539 g/mol. The second-order valence-corrected chi connectivity index (χ2v) is 12.4. The number of carbonyl (C=O) groups excluding carboxylic acids is 1. The Bertz CT molecular complexity index is 1070. The second-order valence-electron chi connectivity index (χ2n) is 12.4. The Morgan fingerprint density at radius 2 is 2.13 bits per heavy atom. The summed E-state index contributed by atoms with van der Waals surface area (Å²) in [5.41, 5.74) is 8.57. The first kappa shape index (κ1) is 27.2. The molecule has 4 fully saturated rings. The highest BCUT2D eigenvalue weighted by Crippen LogP contribution is 2.47. The number of carbonyl (C=O) groups is 1. The normalized spacial score (nSPS) is 36.9. The van der Waals surface area contributed by atoms with E-state index >= 15 is 0 Å². The zero-order valence-electron chi connectivity index (χ0n) is 23.6. The van der Waals surface area contributed by atoms with E-state index in [1.807, 2.05) is 4.90 Å². The number of amides is 1. The van der Waals surface area contributed by atoms with Crippen LogP contribution in [-0.4, -0.2) is 103 Å². The van der Waals surface area contributed by atoms with Crippen molar-refractivity contribution in [1.29, 1.82) is 0 Å². The van der Waals surface area contributed by atoms with Gasteiger partial charge in [-0.1, -0.05) is 24.8 Å². The highest BCUT2D eigenvalue weighted by Gasteiger charge is 2.52. The first-order valence-corrected chi connectivity index (χ1v) is 14.9. The zero-order valence-corrected chi connectivity index (χ0v) is 23.6. The number of piperazine rings is 1. The summed E-state index contributed by atoms with van der Waals surface area (Å²) in [6, 6.07) is 7.24. The lowest BCUT2D eigenvalue weighted by molar-refractivity contribution is -0.138. The van der Waals surface area contributed by atoms with Gasteiger partial charge in [-0.15, -0.1) is 0 Å². The van der Waals surface area contributed by atoms with Crippen LogP contribution in [-0.2, 0) is 16.0 Å². The summed E-state index contributed by atoms with van der Waals surface area (Å²) in [4.78, 5) is 19.3. The van der Waals surface area contributed by atoms with Gasteiger partial charge in [-0.05, 0) is 63.4 Å². The fourth-order valence-corrected chi connectivity index (χ4v) is 7.83. The first-order chi connectivity index (χ1) is 18.9. The minimum Gasteiger partial charge on any atom is -0.486 e. The summed E-state index contributed by atoms with van der Waals surface area (Å²) >= 11 is 0. The van der Waals surface area contributed by atoms with Gasteiger partial charge < -0.3 is 25.0 Å². The fraction of sp³-hybridized carbons (Fsp3) is 0.700. The maximum absolute atomic E-state index is 12.5. The lowest BCUT2D eigenvalue weighted by Gasteiger charge is -2.54. The van der Waals surface area contributed by atoms with Crippen molar-refractivity contribution >= 4 is 5.91 Å². The number of fused-ring (bicyclic) bond motifs is 2. The van der Waals surface area contributed by atoms with E-state index in [0.717, 1.165) is 51.1 Å². The summed E-state index contributed by atoms with van der Waals surface area (Å²) in [5, 5.41) is 7.69. The lowest BCUT2D eigenvalue weighted by Crippen LogP contribution is -2.73. The summed E-state index contributed by atoms with van der Waals surface area (Å²) in [5.74, 6) is 1.47. The molecule has 4 heterocycles. The molecular formula is C30H46N6O3. The Morgan fingerprint density at radius 3 is 2.87 bits per heavy atom. The predicted octanol–water partition coefficient (Wildman–Crippen LogP) is 1.41. The molecule has 7 atom stereocenters. The molecule has 3 saturated heterocycles. The third kappa shape index (κ3) is 5.25. The summed E-state index contributed by atoms with van der Waals surface area (Å²) < 4.78 is 13.3. The van der Waals surface area contributed by atoms with E-state index < -0.39 is 0 Å². The van der Waals surface area contributed by atoms with Crippen molar-refractivity contribution < 1.29 is 14.3 Å². The molecule has 39 heavy (non-hydrogen) atoms. The number of nitrogens with two attached hydrogens (primary N) is 1. The van der Waals surface area contributed by atoms with Crippen molar-refractivity contribution in [3.05, 3.63) is 42.0 Å². The van der Waals surface area contributed by atoms with Crippen molar-refractivity contribution in [3.8, 4) is 5.75 Å². The number of ether oxygens (including phenoxy) is 2. The van der Waals surface area contributed by atoms with Gasteiger partial charge in [0.25, 0.3) is 0 Å². The number of nitrogens with one attached hydrogen (secondary N) is 2. The van der Waals surface area contributed by atoms with E-state index in [9.17, 15) is 4.79 Å². The molecule has 1 saturated carbocycles. The van der Waals surface area contributed by atoms with Gasteiger partial charge in [-0.3, -0.25) is 20.3 Å². The number of aryl methyl sites for hydroxylation is 1. The van der Waals surface area contributed by atoms with E-state index in [1.165, 1.54) is 30.0 Å². The smallest absolute Gasteiger partial charge is 0.246 e. The molecule has 1 aliphatic carbocycles. The van der Waals surface area contributed by atoms with Gasteiger partial charge in [0.2, 0.25) is 5.91 Å². The zero-order chi connectivity index (χ0) is 27.1. The molecule has 0 radical (unpaired) electrons. The highest BCUT2D eigenvalue weighted by molar-refractivity contribution is 5.87. The Labute approximate surface area is 233 Å². The quantitative estimate of drug-likeness (QED) is 0.468. The standard InChI is InChI=1S/C30H46N6O3/c1-4-26(37)36-14-13-35(18-23(36)17-31)28-24-10-11-30(15-21-8-5-7-20(2)27(21)39-30)16-25(24)32-29(33-28)38-19-22-9-6-12-34(22)3/h4-5,7-8,22-25,28-29,32-33H,1,6,9-19,31H2,2-3H3/t22?,23?,24?,25?,28?,29?,30-/m0/s1. The van der Waals surface area contributed by atoms with Crippen LogP contribution < -0.4 is 21.1 Å². The van der Waals surface area contributed by atoms with Gasteiger partial charge in [-0.25, -0.2) is 0 Å². The van der Waals surface area contributed by atoms with Crippen LogP contribution in [0.3, 0.4) is 0 Å². The third-order valence-corrected chi connectivity index (χ3v) is 10.0. The number of likely N-dealkylation sites (tertiary alicyclic amines) is 1. The number of benzene rings is 1. The van der Waals surface area contributed by atoms with Crippen LogP contribution in [0, 0.1) is 12.8 Å². The number of para-hydroxylation sites is 1. The van der Waals surface area contributed by atoms with Gasteiger partial charge in [0.05, 0.1) is 18.8 Å². The first-order valence-electron chi connectivity index (χ1n) is 14.9. The Morgan fingerprint density at radius 1 is 1.26 bits per heavy atom. The number of likely N-dealkylation sites (N-methyl/N-ethyl adjacent to an activating group) is 1. The van der Waals surface area contributed by atoms with Crippen molar-refractivity contribution in [2.75, 3.05) is 46.4 Å². The molecule has 4 N–H and O–H groups in total. The molecule has 9 heteroatoms. The van der Waals surface area contributed by atoms with Crippen molar-refractivity contribution in [2.24, 2.45) is 11.7 Å². The third-order valence-electron chi connectivity index (χ3n) is 10.0. The van der Waals surface area contributed by atoms with Gasteiger partial charge >= 0.3 is 0 Å². The minimum atomic E-state index is -0.227. The molecule has 0 bridgehead atoms. The van der Waals surface area contributed by atoms with E-state index in [1.54, 1.807) is 0 Å². The van der Waals surface area contributed by atoms with E-state index in [4.69, 9.17) is 15.2 Å². The predicted molar refractivity (Wildman–Crippen MR) is 151 cm³/mol.